The molecule has 3 nitrogen and oxygen atoms in total. The summed E-state index contributed by atoms with van der Waals surface area (Å²) in [5.74, 6) is 0.658. The van der Waals surface area contributed by atoms with E-state index in [2.05, 4.69) is 17.6 Å². The second kappa shape index (κ2) is 4.55. The maximum absolute atomic E-state index is 12.6. The summed E-state index contributed by atoms with van der Waals surface area (Å²) in [7, 11) is 0. The number of nitrogens with zero attached hydrogens (tertiary/aromatic N) is 2. The zero-order chi connectivity index (χ0) is 13.4. The zero-order valence-electron chi connectivity index (χ0n) is 10.4. The molecule has 0 aliphatic rings. The first kappa shape index (κ1) is 12.0. The van der Waals surface area contributed by atoms with Crippen LogP contribution in [0.25, 0.3) is 16.6 Å². The van der Waals surface area contributed by atoms with Crippen molar-refractivity contribution in [3.8, 4) is 5.69 Å². The molecule has 0 fully saturated rings. The molecule has 1 aromatic heterocycles. The van der Waals surface area contributed by atoms with E-state index in [4.69, 9.17) is 0 Å². The lowest BCUT2D eigenvalue weighted by molar-refractivity contribution is 0.879. The van der Waals surface area contributed by atoms with Gasteiger partial charge in [-0.3, -0.25) is 9.36 Å². The van der Waals surface area contributed by atoms with Gasteiger partial charge in [-0.2, -0.15) is 0 Å². The summed E-state index contributed by atoms with van der Waals surface area (Å²) >= 11 is 4.41. The van der Waals surface area contributed by atoms with Crippen molar-refractivity contribution in [1.82, 2.24) is 9.55 Å². The van der Waals surface area contributed by atoms with Gasteiger partial charge in [-0.1, -0.05) is 24.3 Å². The Hall–Kier alpha value is -2.07. The minimum atomic E-state index is -0.0652. The van der Waals surface area contributed by atoms with Crippen molar-refractivity contribution < 1.29 is 0 Å². The molecule has 0 atom stereocenters. The Labute approximate surface area is 116 Å². The third-order valence-electron chi connectivity index (χ3n) is 3.07. The number of para-hydroxylation sites is 2. The molecule has 0 unspecified atom stereocenters. The van der Waals surface area contributed by atoms with E-state index in [-0.39, 0.29) is 5.56 Å². The summed E-state index contributed by atoms with van der Waals surface area (Å²) < 4.78 is 1.60. The summed E-state index contributed by atoms with van der Waals surface area (Å²) in [6, 6.07) is 14.9. The van der Waals surface area contributed by atoms with Crippen LogP contribution in [0.2, 0.25) is 0 Å². The summed E-state index contributed by atoms with van der Waals surface area (Å²) in [6.07, 6.45) is 0. The number of thiol groups is 1. The second-order valence-electron chi connectivity index (χ2n) is 4.31. The number of fused-ring (bicyclic) bond motifs is 1. The summed E-state index contributed by atoms with van der Waals surface area (Å²) in [4.78, 5) is 17.8. The highest BCUT2D eigenvalue weighted by atomic mass is 32.1. The van der Waals surface area contributed by atoms with Crippen LogP contribution in [0.3, 0.4) is 0 Å². The Morgan fingerprint density at radius 1 is 1.05 bits per heavy atom. The van der Waals surface area contributed by atoms with E-state index < -0.39 is 0 Å². The average molecular weight is 268 g/mol. The molecule has 0 N–H and O–H groups in total. The monoisotopic (exact) mass is 268 g/mol. The minimum Gasteiger partial charge on any atom is -0.268 e. The molecule has 3 rings (SSSR count). The van der Waals surface area contributed by atoms with Crippen LogP contribution in [-0.4, -0.2) is 9.55 Å². The molecule has 0 bridgehead atoms. The van der Waals surface area contributed by atoms with Crippen molar-refractivity contribution in [3.05, 3.63) is 64.7 Å². The molecule has 0 spiro atoms. The number of hydrogen-bond donors (Lipinski definition) is 1. The average Bonchev–Trinajstić information content (AvgIpc) is 2.41. The normalized spacial score (nSPS) is 10.8. The van der Waals surface area contributed by atoms with E-state index in [1.165, 1.54) is 0 Å². The van der Waals surface area contributed by atoms with Crippen molar-refractivity contribution in [1.29, 1.82) is 0 Å². The van der Waals surface area contributed by atoms with Crippen LogP contribution >= 0.6 is 12.6 Å². The van der Waals surface area contributed by atoms with Crippen LogP contribution in [0.4, 0.5) is 0 Å². The Morgan fingerprint density at radius 3 is 2.53 bits per heavy atom. The first-order valence-electron chi connectivity index (χ1n) is 5.95. The molecular formula is C15H12N2OS. The van der Waals surface area contributed by atoms with Gasteiger partial charge in [0, 0.05) is 4.90 Å². The van der Waals surface area contributed by atoms with Crippen LogP contribution < -0.4 is 5.56 Å². The molecule has 4 heteroatoms. The van der Waals surface area contributed by atoms with Crippen molar-refractivity contribution in [2.24, 2.45) is 0 Å². The highest BCUT2D eigenvalue weighted by Crippen LogP contribution is 2.18. The molecule has 0 saturated carbocycles. The molecule has 0 amide bonds. The lowest BCUT2D eigenvalue weighted by Gasteiger charge is -2.12. The largest absolute Gasteiger partial charge is 0.268 e. The van der Waals surface area contributed by atoms with Gasteiger partial charge >= 0.3 is 0 Å². The third kappa shape index (κ3) is 1.94. The molecule has 94 valence electrons. The van der Waals surface area contributed by atoms with Gasteiger partial charge in [-0.05, 0) is 31.2 Å². The van der Waals surface area contributed by atoms with E-state index in [0.717, 1.165) is 16.1 Å². The highest BCUT2D eigenvalue weighted by Gasteiger charge is 2.10. The maximum atomic E-state index is 12.6. The topological polar surface area (TPSA) is 34.9 Å². The van der Waals surface area contributed by atoms with Gasteiger partial charge in [0.25, 0.3) is 5.56 Å². The number of aryl methyl sites for hydroxylation is 1. The van der Waals surface area contributed by atoms with Gasteiger partial charge < -0.3 is 0 Å². The van der Waals surface area contributed by atoms with Gasteiger partial charge in [-0.25, -0.2) is 4.98 Å². The van der Waals surface area contributed by atoms with Crippen LogP contribution in [0.5, 0.6) is 0 Å². The van der Waals surface area contributed by atoms with Crippen molar-refractivity contribution >= 4 is 23.5 Å². The van der Waals surface area contributed by atoms with Gasteiger partial charge in [0.2, 0.25) is 0 Å². The second-order valence-corrected chi connectivity index (χ2v) is 4.79. The third-order valence-corrected chi connectivity index (χ3v) is 3.44. The smallest absolute Gasteiger partial charge is 0.265 e. The lowest BCUT2D eigenvalue weighted by atomic mass is 10.2. The number of rotatable bonds is 1. The van der Waals surface area contributed by atoms with Gasteiger partial charge in [0.05, 0.1) is 16.6 Å². The standard InChI is InChI=1S/C15H12N2OS/c1-10-16-12-7-3-2-6-11(12)15(18)17(10)13-8-4-5-9-14(13)19/h2-9,19H,1H3. The molecule has 19 heavy (non-hydrogen) atoms. The van der Waals surface area contributed by atoms with E-state index in [0.29, 0.717) is 11.2 Å². The van der Waals surface area contributed by atoms with Gasteiger partial charge in [-0.15, -0.1) is 12.6 Å². The predicted octanol–water partition coefficient (Wildman–Crippen LogP) is 2.98. The van der Waals surface area contributed by atoms with E-state index in [1.54, 1.807) is 10.6 Å². The van der Waals surface area contributed by atoms with Crippen molar-refractivity contribution in [2.75, 3.05) is 0 Å². The Bertz CT molecular complexity index is 824. The predicted molar refractivity (Wildman–Crippen MR) is 79.3 cm³/mol. The van der Waals surface area contributed by atoms with Crippen LogP contribution in [0, 0.1) is 6.92 Å². The Kier molecular flexibility index (Phi) is 2.87. The zero-order valence-corrected chi connectivity index (χ0v) is 11.3. The summed E-state index contributed by atoms with van der Waals surface area (Å²) in [5.41, 5.74) is 1.41. The maximum Gasteiger partial charge on any atom is 0.265 e. The molecule has 0 aliphatic heterocycles. The number of aromatic nitrogens is 2. The fourth-order valence-corrected chi connectivity index (χ4v) is 2.44. The summed E-state index contributed by atoms with van der Waals surface area (Å²) in [6.45, 7) is 1.83. The number of hydrogen-bond acceptors (Lipinski definition) is 3. The fraction of sp³-hybridized carbons (Fsp3) is 0.0667. The van der Waals surface area contributed by atoms with E-state index >= 15 is 0 Å². The molecule has 0 aliphatic carbocycles. The minimum absolute atomic E-state index is 0.0652. The summed E-state index contributed by atoms with van der Waals surface area (Å²) in [5, 5.41) is 0.615. The molecule has 0 saturated heterocycles. The Balaban J connectivity index is 2.43. The van der Waals surface area contributed by atoms with Crippen LogP contribution in [0.15, 0.2) is 58.2 Å². The van der Waals surface area contributed by atoms with Crippen molar-refractivity contribution in [2.45, 2.75) is 11.8 Å². The molecule has 0 radical (unpaired) electrons. The first-order chi connectivity index (χ1) is 9.18. The Morgan fingerprint density at radius 2 is 1.74 bits per heavy atom. The lowest BCUT2D eigenvalue weighted by Crippen LogP contribution is -2.22. The quantitative estimate of drug-likeness (QED) is 0.689. The first-order valence-corrected chi connectivity index (χ1v) is 6.40. The van der Waals surface area contributed by atoms with Crippen molar-refractivity contribution in [3.63, 3.8) is 0 Å². The van der Waals surface area contributed by atoms with Gasteiger partial charge in [0.15, 0.2) is 0 Å². The van der Waals surface area contributed by atoms with Crippen LogP contribution in [-0.2, 0) is 0 Å². The van der Waals surface area contributed by atoms with Gasteiger partial charge in [0.1, 0.15) is 5.82 Å². The number of benzene rings is 2. The van der Waals surface area contributed by atoms with E-state index in [1.807, 2.05) is 49.4 Å². The molecule has 2 aromatic carbocycles. The van der Waals surface area contributed by atoms with Crippen LogP contribution in [0.1, 0.15) is 5.82 Å². The molecular weight excluding hydrogens is 256 g/mol. The molecule has 3 aromatic rings. The fourth-order valence-electron chi connectivity index (χ4n) is 2.18. The SMILES string of the molecule is Cc1nc2ccccc2c(=O)n1-c1ccccc1S. The molecule has 1 heterocycles. The van der Waals surface area contributed by atoms with E-state index in [9.17, 15) is 4.79 Å². The highest BCUT2D eigenvalue weighted by molar-refractivity contribution is 7.80.